The first-order chi connectivity index (χ1) is 20.6. The number of hydrogen-bond donors (Lipinski definition) is 0. The molecule has 2 unspecified atom stereocenters. The van der Waals surface area contributed by atoms with Crippen LogP contribution in [0.2, 0.25) is 0 Å². The Hall–Kier alpha value is -4.16. The molecule has 4 heterocycles. The Morgan fingerprint density at radius 1 is 1.10 bits per heavy atom. The maximum absolute atomic E-state index is 12.5. The van der Waals surface area contributed by atoms with Crippen LogP contribution in [0.4, 0.5) is 11.5 Å². The lowest BCUT2D eigenvalue weighted by molar-refractivity contribution is -0.128. The number of fused-ring (bicyclic) bond motifs is 2. The molecule has 3 aliphatic heterocycles. The summed E-state index contributed by atoms with van der Waals surface area (Å²) in [6.07, 6.45) is 4.70. The van der Waals surface area contributed by atoms with E-state index in [1.165, 1.54) is 29.0 Å². The molecular weight excluding hydrogens is 526 g/mol. The van der Waals surface area contributed by atoms with Crippen LogP contribution < -0.4 is 14.5 Å². The molecular formula is C33H39N7O2. The van der Waals surface area contributed by atoms with Gasteiger partial charge in [0, 0.05) is 48.9 Å². The smallest absolute Gasteiger partial charge is 0.318 e. The van der Waals surface area contributed by atoms with Crippen molar-refractivity contribution in [2.75, 3.05) is 55.7 Å². The first kappa shape index (κ1) is 28.0. The average molecular weight is 566 g/mol. The van der Waals surface area contributed by atoms with E-state index in [0.29, 0.717) is 44.8 Å². The molecule has 2 saturated heterocycles. The van der Waals surface area contributed by atoms with Crippen molar-refractivity contribution in [2.24, 2.45) is 0 Å². The molecule has 0 radical (unpaired) electrons. The van der Waals surface area contributed by atoms with Gasteiger partial charge in [0.1, 0.15) is 12.4 Å². The molecule has 1 aromatic heterocycles. The van der Waals surface area contributed by atoms with Gasteiger partial charge in [0.2, 0.25) is 5.91 Å². The zero-order valence-corrected chi connectivity index (χ0v) is 24.4. The van der Waals surface area contributed by atoms with Crippen LogP contribution in [0.3, 0.4) is 0 Å². The van der Waals surface area contributed by atoms with E-state index >= 15 is 0 Å². The molecule has 42 heavy (non-hydrogen) atoms. The summed E-state index contributed by atoms with van der Waals surface area (Å²) in [5.41, 5.74) is 3.32. The number of hydrogen-bond acceptors (Lipinski definition) is 8. The van der Waals surface area contributed by atoms with E-state index in [1.54, 1.807) is 4.90 Å². The summed E-state index contributed by atoms with van der Waals surface area (Å²) in [5.74, 6) is 0.742. The molecule has 3 aliphatic rings. The summed E-state index contributed by atoms with van der Waals surface area (Å²) in [4.78, 5) is 31.4. The van der Waals surface area contributed by atoms with Gasteiger partial charge in [-0.3, -0.25) is 9.69 Å². The van der Waals surface area contributed by atoms with Crippen LogP contribution in [0.25, 0.3) is 10.8 Å². The third-order valence-electron chi connectivity index (χ3n) is 9.01. The third kappa shape index (κ3) is 5.51. The van der Waals surface area contributed by atoms with E-state index in [0.717, 1.165) is 49.6 Å². The van der Waals surface area contributed by atoms with Gasteiger partial charge in [-0.25, -0.2) is 0 Å². The highest BCUT2D eigenvalue weighted by molar-refractivity contribution is 5.94. The molecule has 3 aromatic rings. The monoisotopic (exact) mass is 565 g/mol. The first-order valence-corrected chi connectivity index (χ1v) is 15.1. The summed E-state index contributed by atoms with van der Waals surface area (Å²) in [6.45, 7) is 11.7. The number of rotatable bonds is 8. The fourth-order valence-corrected chi connectivity index (χ4v) is 6.81. The number of likely N-dealkylation sites (N-methyl/N-ethyl adjacent to an activating group) is 1. The van der Waals surface area contributed by atoms with Gasteiger partial charge < -0.3 is 19.4 Å². The fourth-order valence-electron chi connectivity index (χ4n) is 6.81. The molecule has 218 valence electrons. The van der Waals surface area contributed by atoms with Gasteiger partial charge in [0.25, 0.3) is 0 Å². The van der Waals surface area contributed by atoms with Crippen LogP contribution in [0.5, 0.6) is 6.01 Å². The van der Waals surface area contributed by atoms with Crippen molar-refractivity contribution < 1.29 is 9.53 Å². The Kier molecular flexibility index (Phi) is 8.24. The molecule has 9 heteroatoms. The van der Waals surface area contributed by atoms with Gasteiger partial charge in [-0.15, -0.1) is 0 Å². The molecule has 2 atom stereocenters. The van der Waals surface area contributed by atoms with Crippen molar-refractivity contribution in [1.29, 1.82) is 5.26 Å². The Balaban J connectivity index is 1.32. The van der Waals surface area contributed by atoms with Gasteiger partial charge in [0.05, 0.1) is 30.8 Å². The number of aromatic nitrogens is 2. The Bertz CT molecular complexity index is 1500. The predicted octanol–water partition coefficient (Wildman–Crippen LogP) is 4.17. The molecule has 0 aliphatic carbocycles. The molecule has 9 nitrogen and oxygen atoms in total. The van der Waals surface area contributed by atoms with Gasteiger partial charge in [-0.1, -0.05) is 49.9 Å². The minimum absolute atomic E-state index is 0.133. The van der Waals surface area contributed by atoms with Crippen LogP contribution >= 0.6 is 0 Å². The second-order valence-corrected chi connectivity index (χ2v) is 11.4. The first-order valence-electron chi connectivity index (χ1n) is 15.1. The molecule has 0 saturated carbocycles. The molecule has 1 amide bonds. The number of piperazine rings is 1. The van der Waals surface area contributed by atoms with Gasteiger partial charge in [-0.05, 0) is 49.9 Å². The number of likely N-dealkylation sites (tertiary alicyclic amines) is 1. The van der Waals surface area contributed by atoms with Crippen molar-refractivity contribution in [3.8, 4) is 12.1 Å². The predicted molar refractivity (Wildman–Crippen MR) is 165 cm³/mol. The van der Waals surface area contributed by atoms with E-state index < -0.39 is 0 Å². The Morgan fingerprint density at radius 3 is 2.79 bits per heavy atom. The lowest BCUT2D eigenvalue weighted by Crippen LogP contribution is -2.55. The van der Waals surface area contributed by atoms with E-state index in [4.69, 9.17) is 14.7 Å². The average Bonchev–Trinajstić information content (AvgIpc) is 3.50. The van der Waals surface area contributed by atoms with Crippen molar-refractivity contribution in [1.82, 2.24) is 19.8 Å². The molecule has 2 fully saturated rings. The standard InChI is InChI=1S/C33H39N7O2/c1-3-31(41)40-20-19-39(21-25(40)14-16-34)32-28-15-18-38(30-13-7-10-24-9-5-6-12-27(24)30)22-29(28)35-33(36-32)42-23-26-11-8-17-37(26)4-2/h3,5-7,9-10,12-13,25-26H,1,4,8,11,14-15,17-23H2,2H3. The third-order valence-corrected chi connectivity index (χ3v) is 9.01. The number of ether oxygens (including phenoxy) is 1. The molecule has 0 spiro atoms. The van der Waals surface area contributed by atoms with E-state index in [1.807, 2.05) is 0 Å². The highest BCUT2D eigenvalue weighted by Gasteiger charge is 2.33. The number of benzene rings is 2. The maximum Gasteiger partial charge on any atom is 0.318 e. The second kappa shape index (κ2) is 12.4. The lowest BCUT2D eigenvalue weighted by atomic mass is 10.0. The van der Waals surface area contributed by atoms with Crippen LogP contribution in [-0.4, -0.2) is 83.6 Å². The summed E-state index contributed by atoms with van der Waals surface area (Å²) in [7, 11) is 0. The van der Waals surface area contributed by atoms with Crippen LogP contribution in [0.15, 0.2) is 55.1 Å². The number of carbonyl (C=O) groups is 1. The lowest BCUT2D eigenvalue weighted by Gasteiger charge is -2.42. The van der Waals surface area contributed by atoms with Gasteiger partial charge >= 0.3 is 6.01 Å². The second-order valence-electron chi connectivity index (χ2n) is 11.4. The number of amides is 1. The van der Waals surface area contributed by atoms with Crippen LogP contribution in [-0.2, 0) is 17.8 Å². The summed E-state index contributed by atoms with van der Waals surface area (Å²) >= 11 is 0. The van der Waals surface area contributed by atoms with Gasteiger partial charge in [-0.2, -0.15) is 15.2 Å². The molecule has 6 rings (SSSR count). The zero-order chi connectivity index (χ0) is 29.1. The molecule has 0 N–H and O–H groups in total. The normalized spacial score (nSPS) is 20.8. The van der Waals surface area contributed by atoms with E-state index in [2.05, 4.69) is 76.7 Å². The number of nitriles is 1. The van der Waals surface area contributed by atoms with Crippen molar-refractivity contribution in [3.63, 3.8) is 0 Å². The SMILES string of the molecule is C=CC(=O)N1CCN(c2nc(OCC3CCCN3CC)nc3c2CCN(c2cccc4ccccc24)C3)CC1CC#N. The highest BCUT2D eigenvalue weighted by atomic mass is 16.5. The molecule has 0 bridgehead atoms. The minimum Gasteiger partial charge on any atom is -0.462 e. The quantitative estimate of drug-likeness (QED) is 0.376. The largest absolute Gasteiger partial charge is 0.462 e. The number of nitrogens with zero attached hydrogens (tertiary/aromatic N) is 7. The number of anilines is 2. The van der Waals surface area contributed by atoms with E-state index in [9.17, 15) is 10.1 Å². The number of carbonyl (C=O) groups excluding carboxylic acids is 1. The zero-order valence-electron chi connectivity index (χ0n) is 24.4. The van der Waals surface area contributed by atoms with Crippen molar-refractivity contribution >= 4 is 28.2 Å². The van der Waals surface area contributed by atoms with Crippen molar-refractivity contribution in [2.45, 2.75) is 51.2 Å². The topological polar surface area (TPSA) is 88.8 Å². The maximum atomic E-state index is 12.5. The summed E-state index contributed by atoms with van der Waals surface area (Å²) < 4.78 is 6.34. The molecule has 2 aromatic carbocycles. The fraction of sp³-hybridized carbons (Fsp3) is 0.455. The summed E-state index contributed by atoms with van der Waals surface area (Å²) in [5, 5.41) is 12.0. The van der Waals surface area contributed by atoms with Crippen LogP contribution in [0, 0.1) is 11.3 Å². The van der Waals surface area contributed by atoms with Crippen LogP contribution in [0.1, 0.15) is 37.4 Å². The van der Waals surface area contributed by atoms with Gasteiger partial charge in [0.15, 0.2) is 0 Å². The Labute approximate surface area is 248 Å². The summed E-state index contributed by atoms with van der Waals surface area (Å²) in [6, 6.07) is 17.8. The minimum atomic E-state index is -0.225. The highest BCUT2D eigenvalue weighted by Crippen LogP contribution is 2.35. The Morgan fingerprint density at radius 2 is 1.95 bits per heavy atom. The van der Waals surface area contributed by atoms with E-state index in [-0.39, 0.29) is 18.4 Å². The van der Waals surface area contributed by atoms with Crippen molar-refractivity contribution in [3.05, 3.63) is 66.4 Å².